The van der Waals surface area contributed by atoms with Crippen LogP contribution in [0.1, 0.15) is 23.3 Å². The van der Waals surface area contributed by atoms with Gasteiger partial charge in [-0.3, -0.25) is 4.98 Å². The van der Waals surface area contributed by atoms with Crippen LogP contribution in [0.25, 0.3) is 10.8 Å². The van der Waals surface area contributed by atoms with Gasteiger partial charge in [0, 0.05) is 49.4 Å². The lowest BCUT2D eigenvalue weighted by Crippen LogP contribution is -2.38. The summed E-state index contributed by atoms with van der Waals surface area (Å²) in [4.78, 5) is 17.5. The third-order valence-corrected chi connectivity index (χ3v) is 4.44. The quantitative estimate of drug-likeness (QED) is 0.750. The molecule has 0 bridgehead atoms. The fraction of sp³-hybridized carbons (Fsp3) is 0.294. The summed E-state index contributed by atoms with van der Waals surface area (Å²) in [7, 11) is 0. The molecule has 128 valence electrons. The predicted molar refractivity (Wildman–Crippen MR) is 90.9 cm³/mol. The van der Waals surface area contributed by atoms with Gasteiger partial charge in [-0.25, -0.2) is 9.89 Å². The Balaban J connectivity index is 1.42. The number of piperidine rings is 1. The van der Waals surface area contributed by atoms with Gasteiger partial charge in [0.1, 0.15) is 6.10 Å². The molecule has 1 saturated heterocycles. The van der Waals surface area contributed by atoms with E-state index in [9.17, 15) is 4.79 Å². The molecule has 1 aliphatic heterocycles. The van der Waals surface area contributed by atoms with Crippen molar-refractivity contribution in [3.63, 3.8) is 0 Å². The molecule has 0 radical (unpaired) electrons. The molecule has 0 amide bonds. The summed E-state index contributed by atoms with van der Waals surface area (Å²) in [6.07, 6.45) is 5.17. The minimum Gasteiger partial charge on any atom is -0.476 e. The second-order valence-corrected chi connectivity index (χ2v) is 6.01. The SMILES string of the molecule is O=C(O)c1[nH]nnc1OC1CCN(c2ccc3cnccc3c2)CC1. The third kappa shape index (κ3) is 3.10. The van der Waals surface area contributed by atoms with Crippen LogP contribution in [0.4, 0.5) is 5.69 Å². The average molecular weight is 339 g/mol. The summed E-state index contributed by atoms with van der Waals surface area (Å²) in [6, 6.07) is 8.35. The fourth-order valence-corrected chi connectivity index (χ4v) is 3.10. The van der Waals surface area contributed by atoms with E-state index in [4.69, 9.17) is 9.84 Å². The van der Waals surface area contributed by atoms with Crippen molar-refractivity contribution in [2.24, 2.45) is 0 Å². The van der Waals surface area contributed by atoms with Gasteiger partial charge >= 0.3 is 5.97 Å². The van der Waals surface area contributed by atoms with Crippen molar-refractivity contribution in [3.05, 3.63) is 42.4 Å². The lowest BCUT2D eigenvalue weighted by atomic mass is 10.1. The molecule has 1 aromatic carbocycles. The number of pyridine rings is 1. The number of nitrogens with one attached hydrogen (secondary N) is 1. The Morgan fingerprint density at radius 1 is 1.24 bits per heavy atom. The zero-order chi connectivity index (χ0) is 17.2. The van der Waals surface area contributed by atoms with Gasteiger partial charge in [0.2, 0.25) is 5.69 Å². The molecule has 3 heterocycles. The molecular formula is C17H17N5O3. The van der Waals surface area contributed by atoms with E-state index in [-0.39, 0.29) is 17.7 Å². The number of nitrogens with zero attached hydrogens (tertiary/aromatic N) is 4. The average Bonchev–Trinajstić information content (AvgIpc) is 3.10. The van der Waals surface area contributed by atoms with Crippen LogP contribution in [0.2, 0.25) is 0 Å². The molecule has 8 nitrogen and oxygen atoms in total. The van der Waals surface area contributed by atoms with Gasteiger partial charge in [-0.05, 0) is 23.6 Å². The van der Waals surface area contributed by atoms with Crippen LogP contribution < -0.4 is 9.64 Å². The number of carboxylic acid groups (broad SMARTS) is 1. The molecule has 0 aliphatic carbocycles. The summed E-state index contributed by atoms with van der Waals surface area (Å²) in [6.45, 7) is 1.67. The third-order valence-electron chi connectivity index (χ3n) is 4.44. The Kier molecular flexibility index (Phi) is 3.93. The molecular weight excluding hydrogens is 322 g/mol. The van der Waals surface area contributed by atoms with E-state index in [0.717, 1.165) is 31.3 Å². The van der Waals surface area contributed by atoms with E-state index in [1.54, 1.807) is 6.20 Å². The lowest BCUT2D eigenvalue weighted by molar-refractivity contribution is 0.0680. The number of hydrogen-bond donors (Lipinski definition) is 2. The van der Waals surface area contributed by atoms with Crippen LogP contribution in [-0.4, -0.2) is 50.7 Å². The van der Waals surface area contributed by atoms with E-state index in [1.165, 1.54) is 11.1 Å². The van der Waals surface area contributed by atoms with Gasteiger partial charge in [0.05, 0.1) is 0 Å². The van der Waals surface area contributed by atoms with Gasteiger partial charge in [0.15, 0.2) is 0 Å². The lowest BCUT2D eigenvalue weighted by Gasteiger charge is -2.33. The normalized spacial score (nSPS) is 15.4. The highest BCUT2D eigenvalue weighted by Crippen LogP contribution is 2.26. The van der Waals surface area contributed by atoms with Crippen LogP contribution in [0, 0.1) is 0 Å². The number of carboxylic acids is 1. The van der Waals surface area contributed by atoms with E-state index in [1.807, 2.05) is 12.3 Å². The van der Waals surface area contributed by atoms with E-state index < -0.39 is 5.97 Å². The first-order valence-corrected chi connectivity index (χ1v) is 8.10. The summed E-state index contributed by atoms with van der Waals surface area (Å²) >= 11 is 0. The number of aromatic carboxylic acids is 1. The number of fused-ring (bicyclic) bond motifs is 1. The second kappa shape index (κ2) is 6.39. The zero-order valence-corrected chi connectivity index (χ0v) is 13.4. The number of anilines is 1. The van der Waals surface area contributed by atoms with Crippen molar-refractivity contribution >= 4 is 22.4 Å². The Bertz CT molecular complexity index is 902. The van der Waals surface area contributed by atoms with Gasteiger partial charge in [-0.2, -0.15) is 0 Å². The van der Waals surface area contributed by atoms with Crippen LogP contribution in [0.5, 0.6) is 5.88 Å². The largest absolute Gasteiger partial charge is 0.476 e. The van der Waals surface area contributed by atoms with Gasteiger partial charge in [-0.15, -0.1) is 0 Å². The molecule has 3 aromatic rings. The minimum absolute atomic E-state index is 0.0594. The topological polar surface area (TPSA) is 104 Å². The first kappa shape index (κ1) is 15.4. The summed E-state index contributed by atoms with van der Waals surface area (Å²) in [5, 5.41) is 20.9. The van der Waals surface area contributed by atoms with Crippen molar-refractivity contribution in [1.29, 1.82) is 0 Å². The van der Waals surface area contributed by atoms with Crippen molar-refractivity contribution in [1.82, 2.24) is 20.4 Å². The number of aromatic amines is 1. The first-order valence-electron chi connectivity index (χ1n) is 8.10. The molecule has 25 heavy (non-hydrogen) atoms. The Hall–Kier alpha value is -3.16. The molecule has 0 atom stereocenters. The highest BCUT2D eigenvalue weighted by atomic mass is 16.5. The molecule has 0 unspecified atom stereocenters. The second-order valence-electron chi connectivity index (χ2n) is 6.01. The van der Waals surface area contributed by atoms with Gasteiger partial charge < -0.3 is 14.7 Å². The first-order chi connectivity index (χ1) is 12.2. The fourth-order valence-electron chi connectivity index (χ4n) is 3.10. The smallest absolute Gasteiger partial charge is 0.359 e. The number of hydrogen-bond acceptors (Lipinski definition) is 6. The van der Waals surface area contributed by atoms with E-state index in [2.05, 4.69) is 43.5 Å². The van der Waals surface area contributed by atoms with Crippen molar-refractivity contribution < 1.29 is 14.6 Å². The summed E-state index contributed by atoms with van der Waals surface area (Å²) in [5.41, 5.74) is 1.07. The molecule has 8 heteroatoms. The maximum atomic E-state index is 11.1. The predicted octanol–water partition coefficient (Wildman–Crippen LogP) is 2.10. The van der Waals surface area contributed by atoms with Crippen LogP contribution in [0.15, 0.2) is 36.7 Å². The summed E-state index contributed by atoms with van der Waals surface area (Å²) < 4.78 is 5.72. The Morgan fingerprint density at radius 2 is 2.08 bits per heavy atom. The highest BCUT2D eigenvalue weighted by Gasteiger charge is 2.24. The number of carbonyl (C=O) groups is 1. The molecule has 0 saturated carbocycles. The Labute approximate surface area is 143 Å². The molecule has 2 N–H and O–H groups in total. The molecule has 2 aromatic heterocycles. The van der Waals surface area contributed by atoms with Gasteiger partial charge in [-0.1, -0.05) is 16.4 Å². The van der Waals surface area contributed by atoms with Crippen molar-refractivity contribution in [2.45, 2.75) is 18.9 Å². The molecule has 0 spiro atoms. The van der Waals surface area contributed by atoms with Crippen LogP contribution in [0.3, 0.4) is 0 Å². The maximum Gasteiger partial charge on any atom is 0.359 e. The number of ether oxygens (including phenoxy) is 1. The Morgan fingerprint density at radius 3 is 2.88 bits per heavy atom. The highest BCUT2D eigenvalue weighted by molar-refractivity contribution is 5.87. The molecule has 1 aliphatic rings. The van der Waals surface area contributed by atoms with E-state index >= 15 is 0 Å². The summed E-state index contributed by atoms with van der Waals surface area (Å²) in [5.74, 6) is -1.06. The number of aromatic nitrogens is 4. The number of benzene rings is 1. The van der Waals surface area contributed by atoms with Crippen LogP contribution >= 0.6 is 0 Å². The molecule has 1 fully saturated rings. The van der Waals surface area contributed by atoms with Crippen LogP contribution in [-0.2, 0) is 0 Å². The van der Waals surface area contributed by atoms with Gasteiger partial charge in [0.25, 0.3) is 5.88 Å². The van der Waals surface area contributed by atoms with Crippen molar-refractivity contribution in [3.8, 4) is 5.88 Å². The maximum absolute atomic E-state index is 11.1. The number of H-pyrrole nitrogens is 1. The molecule has 4 rings (SSSR count). The van der Waals surface area contributed by atoms with E-state index in [0.29, 0.717) is 0 Å². The standard InChI is InChI=1S/C17H17N5O3/c23-17(24)15-16(20-21-19-15)25-14-4-7-22(8-5-14)13-2-1-12-10-18-6-3-11(12)9-13/h1-3,6,9-10,14H,4-5,7-8H2,(H,23,24)(H,19,20,21). The minimum atomic E-state index is -1.12. The number of rotatable bonds is 4. The zero-order valence-electron chi connectivity index (χ0n) is 13.4. The monoisotopic (exact) mass is 339 g/mol. The van der Waals surface area contributed by atoms with Crippen molar-refractivity contribution in [2.75, 3.05) is 18.0 Å².